The first-order valence-electron chi connectivity index (χ1n) is 8.60. The van der Waals surface area contributed by atoms with Crippen LogP contribution in [0.5, 0.6) is 0 Å². The van der Waals surface area contributed by atoms with Gasteiger partial charge in [-0.1, -0.05) is 30.3 Å². The average molecular weight is 321 g/mol. The number of H-pyrrole nitrogens is 1. The third-order valence-corrected chi connectivity index (χ3v) is 4.86. The van der Waals surface area contributed by atoms with Crippen molar-refractivity contribution in [2.45, 2.75) is 25.3 Å². The van der Waals surface area contributed by atoms with E-state index in [2.05, 4.69) is 57.2 Å². The number of nitrogens with one attached hydrogen (secondary N) is 1. The average Bonchev–Trinajstić information content (AvgIpc) is 3.26. The second kappa shape index (κ2) is 6.61. The predicted octanol–water partition coefficient (Wildman–Crippen LogP) is 3.19. The molecule has 4 rings (SSSR count). The summed E-state index contributed by atoms with van der Waals surface area (Å²) < 4.78 is 2.20. The second-order valence-electron chi connectivity index (χ2n) is 6.59. The zero-order chi connectivity index (χ0) is 16.4. The monoisotopic (exact) mass is 321 g/mol. The molecule has 1 N–H and O–H groups in total. The van der Waals surface area contributed by atoms with Gasteiger partial charge in [0.2, 0.25) is 0 Å². The smallest absolute Gasteiger partial charge is 0.181 e. The van der Waals surface area contributed by atoms with E-state index >= 15 is 0 Å². The highest BCUT2D eigenvalue weighted by molar-refractivity contribution is 5.53. The second-order valence-corrected chi connectivity index (χ2v) is 6.59. The SMILES string of the molecule is Cn1cccc1CN1CCCC(c2nc(-c3ccccc3)n[nH]2)C1. The van der Waals surface area contributed by atoms with Crippen LogP contribution in [0.25, 0.3) is 11.4 Å². The van der Waals surface area contributed by atoms with Crippen molar-refractivity contribution >= 4 is 0 Å². The summed E-state index contributed by atoms with van der Waals surface area (Å²) in [6.07, 6.45) is 4.49. The highest BCUT2D eigenvalue weighted by Crippen LogP contribution is 2.26. The summed E-state index contributed by atoms with van der Waals surface area (Å²) in [4.78, 5) is 7.28. The number of benzene rings is 1. The van der Waals surface area contributed by atoms with Crippen molar-refractivity contribution in [2.24, 2.45) is 7.05 Å². The van der Waals surface area contributed by atoms with Gasteiger partial charge < -0.3 is 4.57 Å². The van der Waals surface area contributed by atoms with Crippen LogP contribution in [0.15, 0.2) is 48.7 Å². The maximum atomic E-state index is 4.75. The van der Waals surface area contributed by atoms with Crippen LogP contribution in [0.3, 0.4) is 0 Å². The Bertz CT molecular complexity index is 789. The van der Waals surface area contributed by atoms with Gasteiger partial charge in [0, 0.05) is 43.5 Å². The molecule has 0 amide bonds. The van der Waals surface area contributed by atoms with Crippen molar-refractivity contribution in [1.29, 1.82) is 0 Å². The number of aryl methyl sites for hydroxylation is 1. The van der Waals surface area contributed by atoms with Gasteiger partial charge in [-0.15, -0.1) is 0 Å². The zero-order valence-corrected chi connectivity index (χ0v) is 14.0. The summed E-state index contributed by atoms with van der Waals surface area (Å²) in [5, 5.41) is 7.59. The molecule has 3 aromatic rings. The molecular weight excluding hydrogens is 298 g/mol. The minimum atomic E-state index is 0.434. The third-order valence-electron chi connectivity index (χ3n) is 4.86. The molecule has 1 unspecified atom stereocenters. The maximum Gasteiger partial charge on any atom is 0.181 e. The first kappa shape index (κ1) is 15.1. The normalized spacial score (nSPS) is 18.8. The molecule has 0 bridgehead atoms. The van der Waals surface area contributed by atoms with Gasteiger partial charge in [0.25, 0.3) is 0 Å². The first-order valence-corrected chi connectivity index (χ1v) is 8.60. The molecule has 0 radical (unpaired) electrons. The Morgan fingerprint density at radius 2 is 2.04 bits per heavy atom. The molecule has 1 aliphatic heterocycles. The van der Waals surface area contributed by atoms with E-state index in [1.54, 1.807) is 0 Å². The standard InChI is InChI=1S/C19H23N5/c1-23-11-6-10-17(23)14-24-12-5-9-16(13-24)19-20-18(21-22-19)15-7-3-2-4-8-15/h2-4,6-8,10-11,16H,5,9,12-14H2,1H3,(H,20,21,22). The molecule has 24 heavy (non-hydrogen) atoms. The number of piperidine rings is 1. The molecule has 0 saturated carbocycles. The van der Waals surface area contributed by atoms with Crippen LogP contribution in [-0.2, 0) is 13.6 Å². The highest BCUT2D eigenvalue weighted by Gasteiger charge is 2.24. The summed E-state index contributed by atoms with van der Waals surface area (Å²) in [6, 6.07) is 14.5. The highest BCUT2D eigenvalue weighted by atomic mass is 15.2. The van der Waals surface area contributed by atoms with Gasteiger partial charge in [-0.3, -0.25) is 10.00 Å². The number of likely N-dealkylation sites (tertiary alicyclic amines) is 1. The zero-order valence-electron chi connectivity index (χ0n) is 14.0. The Morgan fingerprint density at radius 3 is 2.83 bits per heavy atom. The quantitative estimate of drug-likeness (QED) is 0.803. The molecule has 3 heterocycles. The lowest BCUT2D eigenvalue weighted by Crippen LogP contribution is -2.34. The molecule has 1 atom stereocenters. The number of hydrogen-bond acceptors (Lipinski definition) is 3. The molecule has 1 fully saturated rings. The van der Waals surface area contributed by atoms with E-state index in [9.17, 15) is 0 Å². The molecule has 1 saturated heterocycles. The molecular formula is C19H23N5. The third kappa shape index (κ3) is 3.12. The van der Waals surface area contributed by atoms with Gasteiger partial charge in [0.1, 0.15) is 5.82 Å². The fourth-order valence-corrected chi connectivity index (χ4v) is 3.49. The van der Waals surface area contributed by atoms with Crippen LogP contribution in [0.1, 0.15) is 30.3 Å². The molecule has 124 valence electrons. The molecule has 5 nitrogen and oxygen atoms in total. The molecule has 0 aliphatic carbocycles. The van der Waals surface area contributed by atoms with Crippen LogP contribution in [0, 0.1) is 0 Å². The van der Waals surface area contributed by atoms with Crippen LogP contribution in [0.4, 0.5) is 0 Å². The van der Waals surface area contributed by atoms with E-state index in [0.717, 1.165) is 36.8 Å². The number of aromatic nitrogens is 4. The number of nitrogens with zero attached hydrogens (tertiary/aromatic N) is 4. The maximum absolute atomic E-state index is 4.75. The van der Waals surface area contributed by atoms with Gasteiger partial charge in [-0.05, 0) is 31.5 Å². The summed E-state index contributed by atoms with van der Waals surface area (Å²) >= 11 is 0. The predicted molar refractivity (Wildman–Crippen MR) is 94.5 cm³/mol. The Kier molecular flexibility index (Phi) is 4.17. The lowest BCUT2D eigenvalue weighted by atomic mass is 9.97. The summed E-state index contributed by atoms with van der Waals surface area (Å²) in [5.74, 6) is 2.25. The molecule has 2 aromatic heterocycles. The minimum absolute atomic E-state index is 0.434. The van der Waals surface area contributed by atoms with Gasteiger partial charge >= 0.3 is 0 Å². The Labute approximate surface area is 142 Å². The molecule has 0 spiro atoms. The minimum Gasteiger partial charge on any atom is -0.353 e. The van der Waals surface area contributed by atoms with Crippen LogP contribution in [0.2, 0.25) is 0 Å². The topological polar surface area (TPSA) is 49.7 Å². The molecule has 5 heteroatoms. The Morgan fingerprint density at radius 1 is 1.17 bits per heavy atom. The van der Waals surface area contributed by atoms with E-state index in [4.69, 9.17) is 4.98 Å². The van der Waals surface area contributed by atoms with E-state index in [0.29, 0.717) is 5.92 Å². The summed E-state index contributed by atoms with van der Waals surface area (Å²) in [6.45, 7) is 3.19. The van der Waals surface area contributed by atoms with Crippen molar-refractivity contribution < 1.29 is 0 Å². The first-order chi connectivity index (χ1) is 11.8. The van der Waals surface area contributed by atoms with E-state index < -0.39 is 0 Å². The Hall–Kier alpha value is -2.40. The van der Waals surface area contributed by atoms with Crippen LogP contribution >= 0.6 is 0 Å². The number of rotatable bonds is 4. The fraction of sp³-hybridized carbons (Fsp3) is 0.368. The lowest BCUT2D eigenvalue weighted by molar-refractivity contribution is 0.193. The van der Waals surface area contributed by atoms with Gasteiger partial charge in [0.05, 0.1) is 0 Å². The van der Waals surface area contributed by atoms with E-state index in [1.165, 1.54) is 18.5 Å². The fourth-order valence-electron chi connectivity index (χ4n) is 3.49. The largest absolute Gasteiger partial charge is 0.353 e. The van der Waals surface area contributed by atoms with Crippen LogP contribution in [-0.4, -0.2) is 37.7 Å². The summed E-state index contributed by atoms with van der Waals surface area (Å²) in [7, 11) is 2.11. The number of hydrogen-bond donors (Lipinski definition) is 1. The molecule has 1 aliphatic rings. The van der Waals surface area contributed by atoms with E-state index in [1.807, 2.05) is 18.2 Å². The van der Waals surface area contributed by atoms with Crippen molar-refractivity contribution in [1.82, 2.24) is 24.6 Å². The van der Waals surface area contributed by atoms with Crippen molar-refractivity contribution in [3.63, 3.8) is 0 Å². The van der Waals surface area contributed by atoms with Crippen molar-refractivity contribution in [3.8, 4) is 11.4 Å². The van der Waals surface area contributed by atoms with Gasteiger partial charge in [-0.2, -0.15) is 5.10 Å². The van der Waals surface area contributed by atoms with Crippen molar-refractivity contribution in [3.05, 3.63) is 60.2 Å². The van der Waals surface area contributed by atoms with E-state index in [-0.39, 0.29) is 0 Å². The summed E-state index contributed by atoms with van der Waals surface area (Å²) in [5.41, 5.74) is 2.43. The lowest BCUT2D eigenvalue weighted by Gasteiger charge is -2.31. The van der Waals surface area contributed by atoms with Gasteiger partial charge in [-0.25, -0.2) is 4.98 Å². The van der Waals surface area contributed by atoms with Crippen LogP contribution < -0.4 is 0 Å². The Balaban J connectivity index is 1.46. The van der Waals surface area contributed by atoms with Crippen molar-refractivity contribution in [2.75, 3.05) is 13.1 Å². The molecule has 1 aromatic carbocycles. The number of aromatic amines is 1. The van der Waals surface area contributed by atoms with Gasteiger partial charge in [0.15, 0.2) is 5.82 Å².